The number of allylic oxidation sites excluding steroid dienone is 2. The lowest BCUT2D eigenvalue weighted by atomic mass is 10.1. The zero-order valence-electron chi connectivity index (χ0n) is 11.1. The van der Waals surface area contributed by atoms with E-state index in [1.807, 2.05) is 0 Å². The van der Waals surface area contributed by atoms with Gasteiger partial charge in [0.25, 0.3) is 0 Å². The van der Waals surface area contributed by atoms with E-state index < -0.39 is 6.36 Å². The second kappa shape index (κ2) is 5.82. The Hall–Kier alpha value is -2.57. The number of aliphatic imine (C=N–C) groups is 1. The van der Waals surface area contributed by atoms with Crippen molar-refractivity contribution in [2.45, 2.75) is 13.3 Å². The topological polar surface area (TPSA) is 37.2 Å². The Morgan fingerprint density at radius 1 is 1.29 bits per heavy atom. The van der Waals surface area contributed by atoms with E-state index in [9.17, 15) is 13.2 Å². The highest BCUT2D eigenvalue weighted by Gasteiger charge is 2.31. The first kappa shape index (κ1) is 14.8. The summed E-state index contributed by atoms with van der Waals surface area (Å²) in [5, 5.41) is 5.25. The van der Waals surface area contributed by atoms with E-state index >= 15 is 0 Å². The summed E-state index contributed by atoms with van der Waals surface area (Å²) in [6.45, 7) is 5.22. The van der Waals surface area contributed by atoms with E-state index in [0.717, 1.165) is 0 Å². The van der Waals surface area contributed by atoms with Gasteiger partial charge < -0.3 is 4.74 Å². The van der Waals surface area contributed by atoms with Crippen molar-refractivity contribution in [1.82, 2.24) is 5.01 Å². The Morgan fingerprint density at radius 2 is 1.95 bits per heavy atom. The second-order valence-corrected chi connectivity index (χ2v) is 4.02. The minimum atomic E-state index is -4.70. The molecule has 4 nitrogen and oxygen atoms in total. The minimum Gasteiger partial charge on any atom is -0.406 e. The Morgan fingerprint density at radius 3 is 2.48 bits per heavy atom. The summed E-state index contributed by atoms with van der Waals surface area (Å²) >= 11 is 0. The average Bonchev–Trinajstić information content (AvgIpc) is 2.45. The molecule has 0 atom stereocenters. The SMILES string of the molecule is C=NN1C=CC(c2ccc(OC(F)(F)F)cc2)=N/C1=C/C. The van der Waals surface area contributed by atoms with Crippen molar-refractivity contribution < 1.29 is 17.9 Å². The van der Waals surface area contributed by atoms with Crippen molar-refractivity contribution in [3.8, 4) is 5.75 Å². The Labute approximate surface area is 119 Å². The molecule has 0 bridgehead atoms. The number of ether oxygens (including phenoxy) is 1. The maximum Gasteiger partial charge on any atom is 0.573 e. The van der Waals surface area contributed by atoms with Crippen LogP contribution < -0.4 is 4.74 Å². The number of benzene rings is 1. The van der Waals surface area contributed by atoms with Crippen LogP contribution in [0.15, 0.2) is 58.5 Å². The van der Waals surface area contributed by atoms with Crippen LogP contribution in [0.4, 0.5) is 13.2 Å². The fourth-order valence-electron chi connectivity index (χ4n) is 1.73. The third-order valence-electron chi connectivity index (χ3n) is 2.64. The predicted octanol–water partition coefficient (Wildman–Crippen LogP) is 3.68. The summed E-state index contributed by atoms with van der Waals surface area (Å²) in [5.74, 6) is 0.311. The van der Waals surface area contributed by atoms with Crippen LogP contribution >= 0.6 is 0 Å². The molecule has 0 fully saturated rings. The molecular formula is C14H12F3N3O. The molecule has 0 saturated heterocycles. The first-order valence-corrected chi connectivity index (χ1v) is 5.98. The molecule has 1 heterocycles. The van der Waals surface area contributed by atoms with Crippen molar-refractivity contribution >= 4 is 12.4 Å². The minimum absolute atomic E-state index is 0.271. The molecule has 110 valence electrons. The first-order valence-electron chi connectivity index (χ1n) is 5.98. The summed E-state index contributed by atoms with van der Waals surface area (Å²) in [6.07, 6.45) is 0.420. The fraction of sp³-hybridized carbons (Fsp3) is 0.143. The van der Waals surface area contributed by atoms with Crippen LogP contribution in [-0.4, -0.2) is 23.8 Å². The summed E-state index contributed by atoms with van der Waals surface area (Å²) in [7, 11) is 0. The molecule has 1 aromatic rings. The van der Waals surface area contributed by atoms with Crippen LogP contribution in [-0.2, 0) is 0 Å². The summed E-state index contributed by atoms with van der Waals surface area (Å²) in [4.78, 5) is 4.35. The van der Waals surface area contributed by atoms with E-state index in [1.54, 1.807) is 25.3 Å². The number of nitrogens with zero attached hydrogens (tertiary/aromatic N) is 3. The van der Waals surface area contributed by atoms with Crippen molar-refractivity contribution in [3.63, 3.8) is 0 Å². The Balaban J connectivity index is 2.22. The van der Waals surface area contributed by atoms with E-state index in [2.05, 4.69) is 21.5 Å². The molecule has 1 aromatic carbocycles. The molecule has 1 aliphatic rings. The molecule has 0 radical (unpaired) electrons. The van der Waals surface area contributed by atoms with Gasteiger partial charge in [0.15, 0.2) is 0 Å². The van der Waals surface area contributed by atoms with Gasteiger partial charge in [0.1, 0.15) is 11.6 Å². The van der Waals surface area contributed by atoms with Crippen molar-refractivity contribution in [1.29, 1.82) is 0 Å². The maximum atomic E-state index is 12.1. The highest BCUT2D eigenvalue weighted by atomic mass is 19.4. The lowest BCUT2D eigenvalue weighted by molar-refractivity contribution is -0.274. The predicted molar refractivity (Wildman–Crippen MR) is 73.9 cm³/mol. The highest BCUT2D eigenvalue weighted by molar-refractivity contribution is 6.09. The monoisotopic (exact) mass is 295 g/mol. The van der Waals surface area contributed by atoms with Gasteiger partial charge in [-0.15, -0.1) is 13.2 Å². The number of hydrogen-bond acceptors (Lipinski definition) is 4. The molecule has 0 amide bonds. The number of halogens is 3. The molecular weight excluding hydrogens is 283 g/mol. The van der Waals surface area contributed by atoms with Gasteiger partial charge in [0.05, 0.1) is 5.71 Å². The van der Waals surface area contributed by atoms with Crippen LogP contribution in [0.3, 0.4) is 0 Å². The van der Waals surface area contributed by atoms with E-state index in [1.165, 1.54) is 29.3 Å². The summed E-state index contributed by atoms with van der Waals surface area (Å²) in [6, 6.07) is 5.50. The molecule has 0 spiro atoms. The fourth-order valence-corrected chi connectivity index (χ4v) is 1.73. The van der Waals surface area contributed by atoms with Gasteiger partial charge in [0, 0.05) is 18.5 Å². The smallest absolute Gasteiger partial charge is 0.406 e. The van der Waals surface area contributed by atoms with E-state index in [0.29, 0.717) is 17.1 Å². The van der Waals surface area contributed by atoms with Gasteiger partial charge in [-0.25, -0.2) is 10.0 Å². The van der Waals surface area contributed by atoms with E-state index in [-0.39, 0.29) is 5.75 Å². The third kappa shape index (κ3) is 3.71. The standard InChI is InChI=1S/C14H12F3N3O/c1-3-13-19-12(8-9-20(13)18-2)10-4-6-11(7-5-10)21-14(15,16)17/h3-9H,2H2,1H3/b13-3-. The average molecular weight is 295 g/mol. The van der Waals surface area contributed by atoms with Crippen molar-refractivity contribution in [2.24, 2.45) is 10.1 Å². The molecule has 0 aromatic heterocycles. The van der Waals surface area contributed by atoms with Crippen LogP contribution in [0, 0.1) is 0 Å². The second-order valence-electron chi connectivity index (χ2n) is 4.02. The lowest BCUT2D eigenvalue weighted by Gasteiger charge is -2.19. The number of rotatable bonds is 3. The zero-order chi connectivity index (χ0) is 15.5. The Kier molecular flexibility index (Phi) is 4.11. The number of hydrazone groups is 1. The molecule has 21 heavy (non-hydrogen) atoms. The third-order valence-corrected chi connectivity index (χ3v) is 2.64. The molecule has 2 rings (SSSR count). The van der Waals surface area contributed by atoms with Crippen LogP contribution in [0.1, 0.15) is 12.5 Å². The van der Waals surface area contributed by atoms with Gasteiger partial charge in [-0.2, -0.15) is 5.10 Å². The molecule has 0 aliphatic carbocycles. The normalized spacial score (nSPS) is 16.9. The molecule has 0 saturated carbocycles. The molecule has 0 unspecified atom stereocenters. The van der Waals surface area contributed by atoms with Crippen molar-refractivity contribution in [3.05, 3.63) is 54.0 Å². The molecule has 1 aliphatic heterocycles. The van der Waals surface area contributed by atoms with Crippen LogP contribution in [0.5, 0.6) is 5.75 Å². The number of alkyl halides is 3. The lowest BCUT2D eigenvalue weighted by Crippen LogP contribution is -2.17. The molecule has 7 heteroatoms. The Bertz CT molecular complexity index is 615. The van der Waals surface area contributed by atoms with E-state index in [4.69, 9.17) is 0 Å². The van der Waals surface area contributed by atoms with Crippen LogP contribution in [0.2, 0.25) is 0 Å². The van der Waals surface area contributed by atoms with Crippen molar-refractivity contribution in [2.75, 3.05) is 0 Å². The first-order chi connectivity index (χ1) is 9.93. The summed E-state index contributed by atoms with van der Waals surface area (Å²) in [5.41, 5.74) is 1.28. The van der Waals surface area contributed by atoms with Gasteiger partial charge in [-0.05, 0) is 43.3 Å². The van der Waals surface area contributed by atoms with Gasteiger partial charge in [0.2, 0.25) is 0 Å². The maximum absolute atomic E-state index is 12.1. The molecule has 0 N–H and O–H groups in total. The van der Waals surface area contributed by atoms with Gasteiger partial charge in [-0.3, -0.25) is 0 Å². The zero-order valence-corrected chi connectivity index (χ0v) is 11.1. The quantitative estimate of drug-likeness (QED) is 0.798. The highest BCUT2D eigenvalue weighted by Crippen LogP contribution is 2.24. The van der Waals surface area contributed by atoms with Crippen LogP contribution in [0.25, 0.3) is 0 Å². The number of hydrogen-bond donors (Lipinski definition) is 0. The van der Waals surface area contributed by atoms with Gasteiger partial charge >= 0.3 is 6.36 Å². The summed E-state index contributed by atoms with van der Waals surface area (Å²) < 4.78 is 40.1. The van der Waals surface area contributed by atoms with Gasteiger partial charge in [-0.1, -0.05) is 0 Å². The largest absolute Gasteiger partial charge is 0.573 e.